The third-order valence-corrected chi connectivity index (χ3v) is 3.98. The van der Waals surface area contributed by atoms with Crippen molar-refractivity contribution in [2.24, 2.45) is 7.05 Å². The van der Waals surface area contributed by atoms with E-state index in [2.05, 4.69) is 52.4 Å². The lowest BCUT2D eigenvalue weighted by Gasteiger charge is -2.14. The fraction of sp³-hybridized carbons (Fsp3) is 0.312. The van der Waals surface area contributed by atoms with Crippen molar-refractivity contribution >= 4 is 34.1 Å². The first-order chi connectivity index (χ1) is 10.6. The highest BCUT2D eigenvalue weighted by Gasteiger charge is 2.14. The minimum absolute atomic E-state index is 0.227. The number of aromatic nitrogens is 4. The molecule has 0 atom stereocenters. The third-order valence-electron chi connectivity index (χ3n) is 3.79. The fourth-order valence-electron chi connectivity index (χ4n) is 2.63. The van der Waals surface area contributed by atoms with E-state index >= 15 is 0 Å². The van der Waals surface area contributed by atoms with Crippen LogP contribution in [0.3, 0.4) is 0 Å². The summed E-state index contributed by atoms with van der Waals surface area (Å²) in [6.07, 6.45) is 3.63. The van der Waals surface area contributed by atoms with Gasteiger partial charge in [0.25, 0.3) is 0 Å². The molecule has 5 nitrogen and oxygen atoms in total. The smallest absolute Gasteiger partial charge is 0.224 e. The lowest BCUT2D eigenvalue weighted by Crippen LogP contribution is -2.01. The highest BCUT2D eigenvalue weighted by atomic mass is 35.5. The Hall–Kier alpha value is -2.14. The first-order valence-corrected chi connectivity index (χ1v) is 7.74. The van der Waals surface area contributed by atoms with E-state index in [9.17, 15) is 0 Å². The maximum absolute atomic E-state index is 5.87. The molecular weight excluding hydrogens is 298 g/mol. The van der Waals surface area contributed by atoms with Crippen LogP contribution in [-0.2, 0) is 19.9 Å². The van der Waals surface area contributed by atoms with Crippen molar-refractivity contribution in [1.82, 2.24) is 19.7 Å². The average Bonchev–Trinajstić information content (AvgIpc) is 2.83. The predicted octanol–water partition coefficient (Wildman–Crippen LogP) is 3.89. The minimum Gasteiger partial charge on any atom is -0.338 e. The van der Waals surface area contributed by atoms with Crippen LogP contribution in [0.2, 0.25) is 5.28 Å². The number of hydrogen-bond donors (Lipinski definition) is 1. The molecule has 0 fully saturated rings. The summed E-state index contributed by atoms with van der Waals surface area (Å²) >= 11 is 5.87. The van der Waals surface area contributed by atoms with Gasteiger partial charge in [-0.25, -0.2) is 9.67 Å². The number of nitrogens with one attached hydrogen (secondary N) is 1. The Morgan fingerprint density at radius 3 is 2.50 bits per heavy atom. The van der Waals surface area contributed by atoms with Crippen molar-refractivity contribution in [3.05, 3.63) is 40.8 Å². The van der Waals surface area contributed by atoms with Gasteiger partial charge < -0.3 is 5.32 Å². The van der Waals surface area contributed by atoms with Gasteiger partial charge in [-0.3, -0.25) is 0 Å². The molecule has 0 bridgehead atoms. The van der Waals surface area contributed by atoms with Crippen molar-refractivity contribution in [1.29, 1.82) is 0 Å². The number of aryl methyl sites for hydroxylation is 3. The monoisotopic (exact) mass is 315 g/mol. The van der Waals surface area contributed by atoms with E-state index in [1.807, 2.05) is 7.05 Å². The second-order valence-electron chi connectivity index (χ2n) is 5.13. The molecule has 2 aromatic heterocycles. The molecule has 0 unspecified atom stereocenters. The van der Waals surface area contributed by atoms with Crippen LogP contribution >= 0.6 is 11.6 Å². The number of hydrogen-bond acceptors (Lipinski definition) is 4. The van der Waals surface area contributed by atoms with Gasteiger partial charge >= 0.3 is 0 Å². The largest absolute Gasteiger partial charge is 0.338 e. The van der Waals surface area contributed by atoms with Crippen molar-refractivity contribution in [2.45, 2.75) is 26.7 Å². The molecule has 0 saturated heterocycles. The summed E-state index contributed by atoms with van der Waals surface area (Å²) in [5.74, 6) is 0.754. The quantitative estimate of drug-likeness (QED) is 0.742. The minimum atomic E-state index is 0.227. The first-order valence-electron chi connectivity index (χ1n) is 7.37. The third kappa shape index (κ3) is 2.52. The average molecular weight is 316 g/mol. The van der Waals surface area contributed by atoms with Gasteiger partial charge in [0, 0.05) is 18.9 Å². The molecule has 1 aromatic carbocycles. The highest BCUT2D eigenvalue weighted by Crippen LogP contribution is 2.29. The Morgan fingerprint density at radius 2 is 1.86 bits per heavy atom. The number of fused-ring (bicyclic) bond motifs is 1. The lowest BCUT2D eigenvalue weighted by atomic mass is 10.0. The van der Waals surface area contributed by atoms with Crippen molar-refractivity contribution in [3.8, 4) is 0 Å². The predicted molar refractivity (Wildman–Crippen MR) is 89.8 cm³/mol. The molecule has 0 aliphatic rings. The Labute approximate surface area is 134 Å². The number of nitrogens with zero attached hydrogens (tertiary/aromatic N) is 4. The van der Waals surface area contributed by atoms with Crippen LogP contribution in [0.25, 0.3) is 11.0 Å². The van der Waals surface area contributed by atoms with E-state index in [0.29, 0.717) is 0 Å². The summed E-state index contributed by atoms with van der Waals surface area (Å²) in [5, 5.41) is 9.08. The van der Waals surface area contributed by atoms with Crippen LogP contribution in [-0.4, -0.2) is 19.7 Å². The van der Waals surface area contributed by atoms with Gasteiger partial charge in [-0.1, -0.05) is 32.0 Å². The SMILES string of the molecule is CCc1cccc(CC)c1Nc1nn(C)c2nc(Cl)ncc12. The molecule has 6 heteroatoms. The zero-order valence-corrected chi connectivity index (χ0v) is 13.6. The summed E-state index contributed by atoms with van der Waals surface area (Å²) in [4.78, 5) is 8.31. The molecule has 0 aliphatic carbocycles. The van der Waals surface area contributed by atoms with E-state index in [4.69, 9.17) is 11.6 Å². The molecule has 1 N–H and O–H groups in total. The van der Waals surface area contributed by atoms with Crippen molar-refractivity contribution < 1.29 is 0 Å². The molecule has 2 heterocycles. The van der Waals surface area contributed by atoms with Gasteiger partial charge in [0.2, 0.25) is 5.28 Å². The van der Waals surface area contributed by atoms with Gasteiger partial charge in [-0.2, -0.15) is 10.1 Å². The molecule has 0 amide bonds. The van der Waals surface area contributed by atoms with Crippen LogP contribution in [0.5, 0.6) is 0 Å². The van der Waals surface area contributed by atoms with E-state index in [0.717, 1.165) is 35.4 Å². The van der Waals surface area contributed by atoms with E-state index < -0.39 is 0 Å². The number of anilines is 2. The Balaban J connectivity index is 2.11. The highest BCUT2D eigenvalue weighted by molar-refractivity contribution is 6.28. The summed E-state index contributed by atoms with van der Waals surface area (Å²) in [5.41, 5.74) is 4.39. The van der Waals surface area contributed by atoms with Crippen LogP contribution in [0.15, 0.2) is 24.4 Å². The van der Waals surface area contributed by atoms with Gasteiger partial charge in [-0.15, -0.1) is 0 Å². The summed E-state index contributed by atoms with van der Waals surface area (Å²) < 4.78 is 1.71. The lowest BCUT2D eigenvalue weighted by molar-refractivity contribution is 0.789. The molecule has 0 saturated carbocycles. The van der Waals surface area contributed by atoms with E-state index in [1.165, 1.54) is 11.1 Å². The normalized spacial score (nSPS) is 11.1. The topological polar surface area (TPSA) is 55.6 Å². The maximum atomic E-state index is 5.87. The Morgan fingerprint density at radius 1 is 1.18 bits per heavy atom. The Kier molecular flexibility index (Phi) is 3.98. The first kappa shape index (κ1) is 14.8. The summed E-state index contributed by atoms with van der Waals surface area (Å²) in [6.45, 7) is 4.30. The molecule has 3 aromatic rings. The van der Waals surface area contributed by atoms with Crippen LogP contribution < -0.4 is 5.32 Å². The number of rotatable bonds is 4. The van der Waals surface area contributed by atoms with Gasteiger partial charge in [0.05, 0.1) is 5.39 Å². The van der Waals surface area contributed by atoms with Crippen molar-refractivity contribution in [3.63, 3.8) is 0 Å². The van der Waals surface area contributed by atoms with Gasteiger partial charge in [0.1, 0.15) is 0 Å². The summed E-state index contributed by atoms with van der Waals surface area (Å²) in [6, 6.07) is 6.38. The van der Waals surface area contributed by atoms with Gasteiger partial charge in [-0.05, 0) is 35.6 Å². The zero-order valence-electron chi connectivity index (χ0n) is 12.9. The number of halogens is 1. The van der Waals surface area contributed by atoms with E-state index in [1.54, 1.807) is 10.9 Å². The number of para-hydroxylation sites is 1. The molecule has 114 valence electrons. The van der Waals surface area contributed by atoms with E-state index in [-0.39, 0.29) is 5.28 Å². The molecule has 22 heavy (non-hydrogen) atoms. The second kappa shape index (κ2) is 5.93. The maximum Gasteiger partial charge on any atom is 0.224 e. The molecular formula is C16H18ClN5. The van der Waals surface area contributed by atoms with Crippen LogP contribution in [0, 0.1) is 0 Å². The molecule has 0 aliphatic heterocycles. The fourth-order valence-corrected chi connectivity index (χ4v) is 2.76. The second-order valence-corrected chi connectivity index (χ2v) is 5.47. The number of benzene rings is 1. The van der Waals surface area contributed by atoms with Crippen molar-refractivity contribution in [2.75, 3.05) is 5.32 Å². The van der Waals surface area contributed by atoms with Crippen LogP contribution in [0.4, 0.5) is 11.5 Å². The van der Waals surface area contributed by atoms with Gasteiger partial charge in [0.15, 0.2) is 11.5 Å². The molecule has 0 spiro atoms. The molecule has 3 rings (SSSR count). The molecule has 0 radical (unpaired) electrons. The Bertz CT molecular complexity index is 803. The van der Waals surface area contributed by atoms with Crippen LogP contribution in [0.1, 0.15) is 25.0 Å². The zero-order chi connectivity index (χ0) is 15.7. The summed E-state index contributed by atoms with van der Waals surface area (Å²) in [7, 11) is 1.85. The standard InChI is InChI=1S/C16H18ClN5/c1-4-10-7-6-8-11(5-2)13(10)19-14-12-9-18-16(17)20-15(12)22(3)21-14/h6-9H,4-5H2,1-3H3,(H,19,21).